The summed E-state index contributed by atoms with van der Waals surface area (Å²) in [6.07, 6.45) is 1.29. The third-order valence-electron chi connectivity index (χ3n) is 5.63. The summed E-state index contributed by atoms with van der Waals surface area (Å²) in [5, 5.41) is 0.698. The van der Waals surface area contributed by atoms with E-state index in [1.165, 1.54) is 5.56 Å². The predicted octanol–water partition coefficient (Wildman–Crippen LogP) is 6.03. The molecule has 0 spiro atoms. The Morgan fingerprint density at radius 2 is 1.71 bits per heavy atom. The van der Waals surface area contributed by atoms with Crippen molar-refractivity contribution in [3.05, 3.63) is 94.5 Å². The number of ether oxygens (including phenoxy) is 2. The summed E-state index contributed by atoms with van der Waals surface area (Å²) in [7, 11) is 0. The summed E-state index contributed by atoms with van der Waals surface area (Å²) in [6.45, 7) is 3.40. The molecule has 1 aliphatic rings. The van der Waals surface area contributed by atoms with Crippen molar-refractivity contribution in [2.45, 2.75) is 32.2 Å². The van der Waals surface area contributed by atoms with Crippen LogP contribution >= 0.6 is 11.6 Å². The largest absolute Gasteiger partial charge is 0.454 e. The SMILES string of the molecule is CCC(=O)N(CC[C@H](c1ccccc1)c1ccc2c(c1)OCO2)Cc1ccc(Cl)cc1. The zero-order valence-corrected chi connectivity index (χ0v) is 18.3. The lowest BCUT2D eigenvalue weighted by Gasteiger charge is -2.26. The molecule has 160 valence electrons. The fourth-order valence-electron chi connectivity index (χ4n) is 3.95. The Morgan fingerprint density at radius 3 is 2.45 bits per heavy atom. The summed E-state index contributed by atoms with van der Waals surface area (Å²) >= 11 is 6.02. The molecule has 3 aromatic carbocycles. The monoisotopic (exact) mass is 435 g/mol. The molecule has 1 atom stereocenters. The van der Waals surface area contributed by atoms with E-state index < -0.39 is 0 Å². The first-order valence-corrected chi connectivity index (χ1v) is 11.0. The molecule has 31 heavy (non-hydrogen) atoms. The number of halogens is 1. The van der Waals surface area contributed by atoms with Gasteiger partial charge in [0.15, 0.2) is 11.5 Å². The maximum absolute atomic E-state index is 12.7. The Hall–Kier alpha value is -2.98. The second-order valence-electron chi connectivity index (χ2n) is 7.66. The van der Waals surface area contributed by atoms with Crippen LogP contribution in [0.25, 0.3) is 0 Å². The lowest BCUT2D eigenvalue weighted by atomic mass is 9.88. The molecule has 0 unspecified atom stereocenters. The minimum atomic E-state index is 0.146. The number of amides is 1. The van der Waals surface area contributed by atoms with Crippen LogP contribution in [-0.4, -0.2) is 24.1 Å². The number of nitrogens with zero attached hydrogens (tertiary/aromatic N) is 1. The topological polar surface area (TPSA) is 38.8 Å². The van der Waals surface area contributed by atoms with Gasteiger partial charge in [-0.05, 0) is 47.4 Å². The maximum atomic E-state index is 12.7. The van der Waals surface area contributed by atoms with Crippen molar-refractivity contribution in [2.24, 2.45) is 0 Å². The Balaban J connectivity index is 1.56. The number of hydrogen-bond acceptors (Lipinski definition) is 3. The molecule has 0 saturated carbocycles. The van der Waals surface area contributed by atoms with Gasteiger partial charge in [-0.15, -0.1) is 0 Å². The number of hydrogen-bond donors (Lipinski definition) is 0. The number of fused-ring (bicyclic) bond motifs is 1. The molecule has 1 heterocycles. The molecule has 1 aliphatic heterocycles. The molecule has 0 bridgehead atoms. The molecule has 0 aromatic heterocycles. The van der Waals surface area contributed by atoms with E-state index in [2.05, 4.69) is 36.4 Å². The lowest BCUT2D eigenvalue weighted by molar-refractivity contribution is -0.131. The Bertz CT molecular complexity index is 1020. The first kappa shape index (κ1) is 21.3. The average Bonchev–Trinajstić information content (AvgIpc) is 3.28. The van der Waals surface area contributed by atoms with Gasteiger partial charge in [-0.1, -0.05) is 67.1 Å². The van der Waals surface area contributed by atoms with Gasteiger partial charge in [-0.2, -0.15) is 0 Å². The van der Waals surface area contributed by atoms with Gasteiger partial charge in [0.2, 0.25) is 12.7 Å². The van der Waals surface area contributed by atoms with Crippen LogP contribution in [-0.2, 0) is 11.3 Å². The van der Waals surface area contributed by atoms with Crippen molar-refractivity contribution in [3.8, 4) is 11.5 Å². The van der Waals surface area contributed by atoms with Crippen LogP contribution in [0.2, 0.25) is 5.02 Å². The number of rotatable bonds is 8. The molecule has 0 radical (unpaired) electrons. The van der Waals surface area contributed by atoms with Crippen molar-refractivity contribution < 1.29 is 14.3 Å². The van der Waals surface area contributed by atoms with Crippen molar-refractivity contribution in [2.75, 3.05) is 13.3 Å². The highest BCUT2D eigenvalue weighted by Crippen LogP contribution is 2.37. The fraction of sp³-hybridized carbons (Fsp3) is 0.269. The third kappa shape index (κ3) is 5.20. The van der Waals surface area contributed by atoms with Crippen LogP contribution in [0, 0.1) is 0 Å². The van der Waals surface area contributed by atoms with E-state index in [4.69, 9.17) is 21.1 Å². The Morgan fingerprint density at radius 1 is 0.968 bits per heavy atom. The van der Waals surface area contributed by atoms with Gasteiger partial charge in [0.25, 0.3) is 0 Å². The van der Waals surface area contributed by atoms with E-state index >= 15 is 0 Å². The Labute approximate surface area is 188 Å². The number of carbonyl (C=O) groups excluding carboxylic acids is 1. The molecule has 0 saturated heterocycles. The minimum absolute atomic E-state index is 0.146. The van der Waals surface area contributed by atoms with Gasteiger partial charge >= 0.3 is 0 Å². The van der Waals surface area contributed by atoms with Crippen molar-refractivity contribution in [1.29, 1.82) is 0 Å². The van der Waals surface area contributed by atoms with Crippen LogP contribution in [0.15, 0.2) is 72.8 Å². The van der Waals surface area contributed by atoms with Gasteiger partial charge in [0.1, 0.15) is 0 Å². The van der Waals surface area contributed by atoms with Crippen LogP contribution in [0.3, 0.4) is 0 Å². The molecule has 4 nitrogen and oxygen atoms in total. The first-order chi connectivity index (χ1) is 15.1. The van der Waals surface area contributed by atoms with Crippen molar-refractivity contribution in [1.82, 2.24) is 4.90 Å². The standard InChI is InChI=1S/C26H26ClNO3/c1-2-26(29)28(17-19-8-11-22(27)12-9-19)15-14-23(20-6-4-3-5-7-20)21-10-13-24-25(16-21)31-18-30-24/h3-13,16,23H,2,14-15,17-18H2,1H3/t23-/m1/s1. The number of carbonyl (C=O) groups is 1. The maximum Gasteiger partial charge on any atom is 0.231 e. The van der Waals surface area contributed by atoms with E-state index in [0.29, 0.717) is 24.5 Å². The smallest absolute Gasteiger partial charge is 0.231 e. The zero-order chi connectivity index (χ0) is 21.6. The van der Waals surface area contributed by atoms with Gasteiger partial charge in [0.05, 0.1) is 0 Å². The van der Waals surface area contributed by atoms with Crippen molar-refractivity contribution >= 4 is 17.5 Å². The summed E-state index contributed by atoms with van der Waals surface area (Å²) in [5.41, 5.74) is 3.45. The lowest BCUT2D eigenvalue weighted by Crippen LogP contribution is -2.31. The second-order valence-corrected chi connectivity index (χ2v) is 8.10. The highest BCUT2D eigenvalue weighted by molar-refractivity contribution is 6.30. The summed E-state index contributed by atoms with van der Waals surface area (Å²) in [5.74, 6) is 1.85. The third-order valence-corrected chi connectivity index (χ3v) is 5.88. The molecule has 1 amide bonds. The van der Waals surface area contributed by atoms with E-state index in [-0.39, 0.29) is 18.6 Å². The van der Waals surface area contributed by atoms with E-state index in [1.54, 1.807) is 0 Å². The fourth-order valence-corrected chi connectivity index (χ4v) is 4.08. The number of benzene rings is 3. The van der Waals surface area contributed by atoms with Gasteiger partial charge in [0, 0.05) is 30.5 Å². The first-order valence-electron chi connectivity index (χ1n) is 10.6. The van der Waals surface area contributed by atoms with Gasteiger partial charge < -0.3 is 14.4 Å². The Kier molecular flexibility index (Phi) is 6.78. The molecule has 3 aromatic rings. The van der Waals surface area contributed by atoms with Gasteiger partial charge in [-0.25, -0.2) is 0 Å². The highest BCUT2D eigenvalue weighted by atomic mass is 35.5. The summed E-state index contributed by atoms with van der Waals surface area (Å²) in [6, 6.07) is 24.2. The molecule has 4 rings (SSSR count). The molecule has 0 aliphatic carbocycles. The summed E-state index contributed by atoms with van der Waals surface area (Å²) < 4.78 is 11.1. The van der Waals surface area contributed by atoms with Crippen molar-refractivity contribution in [3.63, 3.8) is 0 Å². The van der Waals surface area contributed by atoms with Gasteiger partial charge in [-0.3, -0.25) is 4.79 Å². The highest BCUT2D eigenvalue weighted by Gasteiger charge is 2.21. The molecular formula is C26H26ClNO3. The van der Waals surface area contributed by atoms with E-state index in [0.717, 1.165) is 29.0 Å². The molecule has 5 heteroatoms. The van der Waals surface area contributed by atoms with E-state index in [1.807, 2.05) is 48.2 Å². The van der Waals surface area contributed by atoms with Crippen LogP contribution < -0.4 is 9.47 Å². The minimum Gasteiger partial charge on any atom is -0.454 e. The average molecular weight is 436 g/mol. The second kappa shape index (κ2) is 9.88. The quantitative estimate of drug-likeness (QED) is 0.433. The van der Waals surface area contributed by atoms with E-state index in [9.17, 15) is 4.79 Å². The molecule has 0 N–H and O–H groups in total. The zero-order valence-electron chi connectivity index (χ0n) is 17.6. The van der Waals surface area contributed by atoms with Crippen LogP contribution in [0.4, 0.5) is 0 Å². The molecular weight excluding hydrogens is 410 g/mol. The molecule has 0 fully saturated rings. The summed E-state index contributed by atoms with van der Waals surface area (Å²) in [4.78, 5) is 14.6. The predicted molar refractivity (Wildman–Crippen MR) is 123 cm³/mol. The normalized spacial score (nSPS) is 13.1. The van der Waals surface area contributed by atoms with Crippen LogP contribution in [0.5, 0.6) is 11.5 Å². The van der Waals surface area contributed by atoms with Crippen LogP contribution in [0.1, 0.15) is 42.4 Å².